The predicted octanol–water partition coefficient (Wildman–Crippen LogP) is 4.63. The number of nitrogens with one attached hydrogen (secondary N) is 1. The highest BCUT2D eigenvalue weighted by molar-refractivity contribution is 6.30. The number of amides is 2. The largest absolute Gasteiger partial charge is 0.484 e. The van der Waals surface area contributed by atoms with Gasteiger partial charge in [-0.2, -0.15) is 0 Å². The van der Waals surface area contributed by atoms with Gasteiger partial charge in [-0.1, -0.05) is 67.8 Å². The van der Waals surface area contributed by atoms with Gasteiger partial charge in [0.25, 0.3) is 5.91 Å². The smallest absolute Gasteiger partial charge is 0.261 e. The second-order valence-electron chi connectivity index (χ2n) is 7.98. The summed E-state index contributed by atoms with van der Waals surface area (Å²) in [4.78, 5) is 27.9. The minimum absolute atomic E-state index is 0.0708. The summed E-state index contributed by atoms with van der Waals surface area (Å²) in [6.45, 7) is 2.26. The molecule has 1 fully saturated rings. The lowest BCUT2D eigenvalue weighted by atomic mass is 10.1. The highest BCUT2D eigenvalue weighted by atomic mass is 35.5. The Morgan fingerprint density at radius 3 is 2.55 bits per heavy atom. The average molecular weight is 443 g/mol. The quantitative estimate of drug-likeness (QED) is 0.583. The third-order valence-electron chi connectivity index (χ3n) is 5.73. The predicted molar refractivity (Wildman–Crippen MR) is 123 cm³/mol. The zero-order valence-electron chi connectivity index (χ0n) is 18.1. The van der Waals surface area contributed by atoms with Crippen molar-refractivity contribution in [3.8, 4) is 5.75 Å². The van der Waals surface area contributed by atoms with E-state index in [1.165, 1.54) is 0 Å². The normalized spacial score (nSPS) is 14.8. The molecule has 2 aromatic rings. The summed E-state index contributed by atoms with van der Waals surface area (Å²) in [6, 6.07) is 16.7. The monoisotopic (exact) mass is 442 g/mol. The number of carbonyl (C=O) groups is 2. The Balaban J connectivity index is 1.69. The molecule has 0 heterocycles. The first-order valence-electron chi connectivity index (χ1n) is 11.1. The molecule has 31 heavy (non-hydrogen) atoms. The van der Waals surface area contributed by atoms with E-state index in [-0.39, 0.29) is 24.5 Å². The number of benzene rings is 2. The average Bonchev–Trinajstić information content (AvgIpc) is 3.28. The molecule has 0 aliphatic heterocycles. The third-order valence-corrected chi connectivity index (χ3v) is 5.97. The summed E-state index contributed by atoms with van der Waals surface area (Å²) >= 11 is 6.01. The van der Waals surface area contributed by atoms with E-state index in [1.807, 2.05) is 37.3 Å². The molecule has 5 nitrogen and oxygen atoms in total. The lowest BCUT2D eigenvalue weighted by Crippen LogP contribution is -2.52. The highest BCUT2D eigenvalue weighted by Crippen LogP contribution is 2.20. The molecule has 1 N–H and O–H groups in total. The highest BCUT2D eigenvalue weighted by Gasteiger charge is 2.30. The van der Waals surface area contributed by atoms with Crippen LogP contribution in [0, 0.1) is 0 Å². The minimum atomic E-state index is -0.514. The molecule has 1 saturated carbocycles. The lowest BCUT2D eigenvalue weighted by molar-refractivity contribution is -0.142. The molecule has 2 aromatic carbocycles. The van der Waals surface area contributed by atoms with Crippen molar-refractivity contribution in [2.45, 2.75) is 57.5 Å². The number of halogens is 1. The van der Waals surface area contributed by atoms with Gasteiger partial charge < -0.3 is 15.0 Å². The van der Waals surface area contributed by atoms with Crippen LogP contribution in [0.4, 0.5) is 0 Å². The van der Waals surface area contributed by atoms with Crippen LogP contribution in [0.3, 0.4) is 0 Å². The molecule has 3 rings (SSSR count). The van der Waals surface area contributed by atoms with E-state index in [9.17, 15) is 9.59 Å². The van der Waals surface area contributed by atoms with Gasteiger partial charge in [0.05, 0.1) is 0 Å². The van der Waals surface area contributed by atoms with E-state index in [4.69, 9.17) is 16.3 Å². The van der Waals surface area contributed by atoms with Crippen LogP contribution in [-0.4, -0.2) is 41.9 Å². The fourth-order valence-corrected chi connectivity index (χ4v) is 4.23. The molecule has 0 bridgehead atoms. The topological polar surface area (TPSA) is 58.6 Å². The van der Waals surface area contributed by atoms with Gasteiger partial charge in [-0.25, -0.2) is 0 Å². The summed E-state index contributed by atoms with van der Waals surface area (Å²) in [5, 5.41) is 3.70. The van der Waals surface area contributed by atoms with Crippen LogP contribution >= 0.6 is 11.6 Å². The standard InChI is InChI=1S/C25H31ClN2O3/c1-2-23(25(30)27-21-12-6-7-13-21)28(16-15-19-9-4-3-5-10-19)24(29)18-31-22-14-8-11-20(26)17-22/h3-5,8-11,14,17,21,23H,2,6-7,12-13,15-16,18H2,1H3,(H,27,30). The summed E-state index contributed by atoms with van der Waals surface area (Å²) in [5.41, 5.74) is 1.13. The fourth-order valence-electron chi connectivity index (χ4n) is 4.05. The van der Waals surface area contributed by atoms with Gasteiger partial charge in [-0.05, 0) is 49.4 Å². The first kappa shape index (κ1) is 23.1. The lowest BCUT2D eigenvalue weighted by Gasteiger charge is -2.31. The Labute approximate surface area is 189 Å². The van der Waals surface area contributed by atoms with E-state index < -0.39 is 6.04 Å². The van der Waals surface area contributed by atoms with Crippen molar-refractivity contribution in [3.05, 3.63) is 65.2 Å². The first-order chi connectivity index (χ1) is 15.1. The van der Waals surface area contributed by atoms with Crippen LogP contribution < -0.4 is 10.1 Å². The van der Waals surface area contributed by atoms with Gasteiger partial charge in [-0.3, -0.25) is 9.59 Å². The number of rotatable bonds is 10. The molecule has 6 heteroatoms. The van der Waals surface area contributed by atoms with Crippen molar-refractivity contribution in [3.63, 3.8) is 0 Å². The summed E-state index contributed by atoms with van der Waals surface area (Å²) in [5.74, 6) is 0.259. The van der Waals surface area contributed by atoms with Crippen molar-refractivity contribution < 1.29 is 14.3 Å². The van der Waals surface area contributed by atoms with E-state index in [2.05, 4.69) is 5.32 Å². The zero-order chi connectivity index (χ0) is 22.1. The molecule has 0 saturated heterocycles. The van der Waals surface area contributed by atoms with Crippen molar-refractivity contribution in [1.29, 1.82) is 0 Å². The van der Waals surface area contributed by atoms with Crippen LogP contribution in [0.2, 0.25) is 5.02 Å². The Bertz CT molecular complexity index is 853. The SMILES string of the molecule is CCC(C(=O)NC1CCCC1)N(CCc1ccccc1)C(=O)COc1cccc(Cl)c1. The molecule has 1 unspecified atom stereocenters. The van der Waals surface area contributed by atoms with E-state index >= 15 is 0 Å². The van der Waals surface area contributed by atoms with Crippen molar-refractivity contribution in [2.24, 2.45) is 0 Å². The van der Waals surface area contributed by atoms with Crippen LogP contribution in [-0.2, 0) is 16.0 Å². The molecule has 166 valence electrons. The number of hydrogen-bond donors (Lipinski definition) is 1. The maximum atomic E-state index is 13.2. The Morgan fingerprint density at radius 1 is 1.13 bits per heavy atom. The molecular weight excluding hydrogens is 412 g/mol. The molecule has 1 aliphatic rings. The summed E-state index contributed by atoms with van der Waals surface area (Å²) in [7, 11) is 0. The third kappa shape index (κ3) is 7.00. The van der Waals surface area contributed by atoms with Crippen LogP contribution in [0.15, 0.2) is 54.6 Å². The molecule has 0 radical (unpaired) electrons. The number of nitrogens with zero attached hydrogens (tertiary/aromatic N) is 1. The number of ether oxygens (including phenoxy) is 1. The minimum Gasteiger partial charge on any atom is -0.484 e. The molecular formula is C25H31ClN2O3. The maximum absolute atomic E-state index is 13.2. The zero-order valence-corrected chi connectivity index (χ0v) is 18.8. The van der Waals surface area contributed by atoms with Crippen LogP contribution in [0.25, 0.3) is 0 Å². The second-order valence-corrected chi connectivity index (χ2v) is 8.42. The number of carbonyl (C=O) groups excluding carboxylic acids is 2. The van der Waals surface area contributed by atoms with Gasteiger partial charge >= 0.3 is 0 Å². The van der Waals surface area contributed by atoms with Crippen molar-refractivity contribution >= 4 is 23.4 Å². The van der Waals surface area contributed by atoms with Gasteiger partial charge in [0.1, 0.15) is 11.8 Å². The molecule has 0 aromatic heterocycles. The fraction of sp³-hybridized carbons (Fsp3) is 0.440. The first-order valence-corrected chi connectivity index (χ1v) is 11.5. The molecule has 1 atom stereocenters. The van der Waals surface area contributed by atoms with Gasteiger partial charge in [-0.15, -0.1) is 0 Å². The Kier molecular flexibility index (Phi) is 8.77. The molecule has 1 aliphatic carbocycles. The van der Waals surface area contributed by atoms with E-state index in [0.717, 1.165) is 31.2 Å². The van der Waals surface area contributed by atoms with Crippen LogP contribution in [0.5, 0.6) is 5.75 Å². The molecule has 2 amide bonds. The molecule has 0 spiro atoms. The number of hydrogen-bond acceptors (Lipinski definition) is 3. The maximum Gasteiger partial charge on any atom is 0.261 e. The van der Waals surface area contributed by atoms with Gasteiger partial charge in [0.2, 0.25) is 5.91 Å². The van der Waals surface area contributed by atoms with Crippen LogP contribution in [0.1, 0.15) is 44.6 Å². The van der Waals surface area contributed by atoms with Gasteiger partial charge in [0.15, 0.2) is 6.61 Å². The second kappa shape index (κ2) is 11.8. The van der Waals surface area contributed by atoms with Crippen molar-refractivity contribution in [1.82, 2.24) is 10.2 Å². The Hall–Kier alpha value is -2.53. The van der Waals surface area contributed by atoms with E-state index in [0.29, 0.717) is 30.2 Å². The summed E-state index contributed by atoms with van der Waals surface area (Å²) in [6.07, 6.45) is 5.54. The van der Waals surface area contributed by atoms with Crippen molar-refractivity contribution in [2.75, 3.05) is 13.2 Å². The Morgan fingerprint density at radius 2 is 1.87 bits per heavy atom. The van der Waals surface area contributed by atoms with E-state index in [1.54, 1.807) is 29.2 Å². The van der Waals surface area contributed by atoms with Gasteiger partial charge in [0, 0.05) is 17.6 Å². The summed E-state index contributed by atoms with van der Waals surface area (Å²) < 4.78 is 5.68.